The Kier molecular flexibility index (Phi) is 7.05. The highest BCUT2D eigenvalue weighted by atomic mass is 28.4. The molecule has 0 saturated heterocycles. The summed E-state index contributed by atoms with van der Waals surface area (Å²) in [5.41, 5.74) is 1.27. The van der Waals surface area contributed by atoms with Crippen LogP contribution in [0.1, 0.15) is 45.8 Å². The summed E-state index contributed by atoms with van der Waals surface area (Å²) in [5, 5.41) is 0. The van der Waals surface area contributed by atoms with Gasteiger partial charge in [-0.15, -0.1) is 12.3 Å². The topological polar surface area (TPSA) is 9.23 Å². The summed E-state index contributed by atoms with van der Waals surface area (Å²) < 4.78 is 6.73. The van der Waals surface area contributed by atoms with Crippen molar-refractivity contribution >= 4 is 8.32 Å². The molecule has 0 N–H and O–H groups in total. The van der Waals surface area contributed by atoms with Gasteiger partial charge in [-0.1, -0.05) is 58.0 Å². The second-order valence-electron chi connectivity index (χ2n) is 5.58. The van der Waals surface area contributed by atoms with E-state index in [4.69, 9.17) is 10.8 Å². The van der Waals surface area contributed by atoms with Gasteiger partial charge in [0.1, 0.15) is 0 Å². The summed E-state index contributed by atoms with van der Waals surface area (Å²) in [7, 11) is -1.62. The molecule has 2 heteroatoms. The van der Waals surface area contributed by atoms with Gasteiger partial charge in [-0.3, -0.25) is 0 Å². The zero-order chi connectivity index (χ0) is 15.0. The third-order valence-electron chi connectivity index (χ3n) is 4.39. The molecule has 1 rings (SSSR count). The van der Waals surface area contributed by atoms with Crippen LogP contribution in [0.5, 0.6) is 0 Å². The van der Waals surface area contributed by atoms with Crippen LogP contribution in [0.2, 0.25) is 18.1 Å². The van der Waals surface area contributed by atoms with Gasteiger partial charge in [0, 0.05) is 6.42 Å². The molecule has 0 aliphatic carbocycles. The molecule has 2 atom stereocenters. The van der Waals surface area contributed by atoms with E-state index >= 15 is 0 Å². The van der Waals surface area contributed by atoms with Gasteiger partial charge >= 0.3 is 0 Å². The minimum absolute atomic E-state index is 0.138. The molecule has 0 spiro atoms. The summed E-state index contributed by atoms with van der Waals surface area (Å²) >= 11 is 0. The van der Waals surface area contributed by atoms with Crippen molar-refractivity contribution in [2.24, 2.45) is 5.92 Å². The van der Waals surface area contributed by atoms with Gasteiger partial charge in [0.05, 0.1) is 6.10 Å². The van der Waals surface area contributed by atoms with E-state index in [0.717, 1.165) is 6.42 Å². The van der Waals surface area contributed by atoms with Gasteiger partial charge in [0.2, 0.25) is 0 Å². The van der Waals surface area contributed by atoms with Gasteiger partial charge in [-0.05, 0) is 29.6 Å². The molecule has 0 heterocycles. The van der Waals surface area contributed by atoms with Crippen LogP contribution in [0.15, 0.2) is 30.3 Å². The Labute approximate surface area is 125 Å². The average Bonchev–Trinajstić information content (AvgIpc) is 2.50. The molecule has 1 aromatic rings. The van der Waals surface area contributed by atoms with Crippen LogP contribution < -0.4 is 0 Å². The third-order valence-corrected chi connectivity index (χ3v) is 9.01. The van der Waals surface area contributed by atoms with Crippen LogP contribution in [0.25, 0.3) is 0 Å². The minimum Gasteiger partial charge on any atom is -0.410 e. The van der Waals surface area contributed by atoms with Crippen molar-refractivity contribution in [1.82, 2.24) is 0 Å². The predicted molar refractivity (Wildman–Crippen MR) is 90.1 cm³/mol. The summed E-state index contributed by atoms with van der Waals surface area (Å²) in [6, 6.07) is 14.1. The fraction of sp³-hybridized carbons (Fsp3) is 0.556. The Morgan fingerprint density at radius 1 is 1.10 bits per heavy atom. The van der Waals surface area contributed by atoms with Crippen LogP contribution in [0.3, 0.4) is 0 Å². The van der Waals surface area contributed by atoms with E-state index in [9.17, 15) is 0 Å². The molecule has 0 bridgehead atoms. The molecule has 0 saturated carbocycles. The minimum atomic E-state index is -1.62. The highest BCUT2D eigenvalue weighted by molar-refractivity contribution is 6.73. The van der Waals surface area contributed by atoms with Crippen molar-refractivity contribution in [3.63, 3.8) is 0 Å². The standard InChI is InChI=1S/C18H28OSi/c1-6-13-16(5)18(17-14-11-10-12-15-17)19-20(7-2,8-3)9-4/h1,10-12,14-16,18H,7-9,13H2,2-5H3/t16-,18-/m0/s1. The van der Waals surface area contributed by atoms with Crippen LogP contribution in [-0.4, -0.2) is 8.32 Å². The molecule has 0 radical (unpaired) electrons. The number of terminal acetylenes is 1. The van der Waals surface area contributed by atoms with E-state index in [0.29, 0.717) is 5.92 Å². The SMILES string of the molecule is C#CC[C@H](C)[C@H](O[Si](CC)(CC)CC)c1ccccc1. The quantitative estimate of drug-likeness (QED) is 0.459. The lowest BCUT2D eigenvalue weighted by atomic mass is 9.95. The zero-order valence-corrected chi connectivity index (χ0v) is 14.4. The maximum absolute atomic E-state index is 6.73. The molecule has 110 valence electrons. The van der Waals surface area contributed by atoms with Crippen molar-refractivity contribution < 1.29 is 4.43 Å². The molecule has 20 heavy (non-hydrogen) atoms. The fourth-order valence-electron chi connectivity index (χ4n) is 2.72. The maximum Gasteiger partial charge on any atom is 0.192 e. The smallest absolute Gasteiger partial charge is 0.192 e. The normalized spacial score (nSPS) is 14.6. The van der Waals surface area contributed by atoms with Gasteiger partial charge in [-0.25, -0.2) is 0 Å². The van der Waals surface area contributed by atoms with Crippen molar-refractivity contribution in [2.45, 2.75) is 58.4 Å². The summed E-state index contributed by atoms with van der Waals surface area (Å²) in [5.74, 6) is 3.15. The number of hydrogen-bond donors (Lipinski definition) is 0. The molecule has 0 aromatic heterocycles. The van der Waals surface area contributed by atoms with E-state index in [1.54, 1.807) is 0 Å². The first-order valence-electron chi connectivity index (χ1n) is 7.78. The Balaban J connectivity index is 3.03. The van der Waals surface area contributed by atoms with Gasteiger partial charge in [-0.2, -0.15) is 0 Å². The first-order valence-corrected chi connectivity index (χ1v) is 10.3. The number of hydrogen-bond acceptors (Lipinski definition) is 1. The lowest BCUT2D eigenvalue weighted by Crippen LogP contribution is -2.38. The van der Waals surface area contributed by atoms with Crippen LogP contribution in [0, 0.1) is 18.3 Å². The van der Waals surface area contributed by atoms with Crippen LogP contribution in [0.4, 0.5) is 0 Å². The van der Waals surface area contributed by atoms with Crippen LogP contribution in [-0.2, 0) is 4.43 Å². The van der Waals surface area contributed by atoms with E-state index in [1.165, 1.54) is 23.7 Å². The molecule has 0 fully saturated rings. The van der Waals surface area contributed by atoms with E-state index in [2.05, 4.69) is 63.9 Å². The van der Waals surface area contributed by atoms with E-state index < -0.39 is 8.32 Å². The molecular weight excluding hydrogens is 260 g/mol. The van der Waals surface area contributed by atoms with Gasteiger partial charge in [0.25, 0.3) is 0 Å². The summed E-state index contributed by atoms with van der Waals surface area (Å²) in [6.45, 7) is 9.02. The lowest BCUT2D eigenvalue weighted by molar-refractivity contribution is 0.133. The highest BCUT2D eigenvalue weighted by Gasteiger charge is 2.34. The maximum atomic E-state index is 6.73. The first-order chi connectivity index (χ1) is 9.62. The van der Waals surface area contributed by atoms with Gasteiger partial charge in [0.15, 0.2) is 8.32 Å². The van der Waals surface area contributed by atoms with Crippen LogP contribution >= 0.6 is 0 Å². The molecule has 1 aromatic carbocycles. The average molecular weight is 289 g/mol. The Hall–Kier alpha value is -1.04. The molecule has 0 amide bonds. The Morgan fingerprint density at radius 3 is 2.10 bits per heavy atom. The Morgan fingerprint density at radius 2 is 1.65 bits per heavy atom. The number of benzene rings is 1. The van der Waals surface area contributed by atoms with Crippen molar-refractivity contribution in [3.05, 3.63) is 35.9 Å². The lowest BCUT2D eigenvalue weighted by Gasteiger charge is -2.36. The molecule has 0 aliphatic rings. The highest BCUT2D eigenvalue weighted by Crippen LogP contribution is 2.35. The molecule has 1 nitrogen and oxygen atoms in total. The van der Waals surface area contributed by atoms with Crippen molar-refractivity contribution in [1.29, 1.82) is 0 Å². The monoisotopic (exact) mass is 288 g/mol. The molecule has 0 unspecified atom stereocenters. The third kappa shape index (κ3) is 4.23. The largest absolute Gasteiger partial charge is 0.410 e. The van der Waals surface area contributed by atoms with Crippen molar-refractivity contribution in [2.75, 3.05) is 0 Å². The Bertz CT molecular complexity index is 409. The van der Waals surface area contributed by atoms with Gasteiger partial charge < -0.3 is 4.43 Å². The molecular formula is C18H28OSi. The second-order valence-corrected chi connectivity index (χ2v) is 10.3. The summed E-state index contributed by atoms with van der Waals surface area (Å²) in [6.07, 6.45) is 6.42. The fourth-order valence-corrected chi connectivity index (χ4v) is 5.62. The predicted octanol–water partition coefficient (Wildman–Crippen LogP) is 5.41. The first kappa shape index (κ1) is 17.0. The second kappa shape index (κ2) is 8.29. The zero-order valence-electron chi connectivity index (χ0n) is 13.4. The van der Waals surface area contributed by atoms with Crippen molar-refractivity contribution in [3.8, 4) is 12.3 Å². The van der Waals surface area contributed by atoms with E-state index in [1.807, 2.05) is 0 Å². The van der Waals surface area contributed by atoms with E-state index in [-0.39, 0.29) is 6.10 Å². The molecule has 0 aliphatic heterocycles. The summed E-state index contributed by atoms with van der Waals surface area (Å²) in [4.78, 5) is 0. The number of rotatable bonds is 8.